The van der Waals surface area contributed by atoms with Crippen molar-refractivity contribution >= 4 is 11.7 Å². The maximum atomic E-state index is 11.2. The molecular formula is C20H39NO2. The minimum absolute atomic E-state index is 0.0906. The molecule has 23 heavy (non-hydrogen) atoms. The average Bonchev–Trinajstić information content (AvgIpc) is 2.50. The third-order valence-corrected chi connectivity index (χ3v) is 4.68. The molecule has 1 amide bonds. The van der Waals surface area contributed by atoms with E-state index in [0.29, 0.717) is 6.42 Å². The van der Waals surface area contributed by atoms with Crippen molar-refractivity contribution < 1.29 is 9.59 Å². The number of hydrogen-bond acceptors (Lipinski definition) is 2. The van der Waals surface area contributed by atoms with Gasteiger partial charge in [0.05, 0.1) is 5.92 Å². The Kier molecular flexibility index (Phi) is 15.4. The molecule has 0 aliphatic carbocycles. The summed E-state index contributed by atoms with van der Waals surface area (Å²) in [5, 5.41) is 0. The Morgan fingerprint density at radius 3 is 1.35 bits per heavy atom. The molecule has 1 unspecified atom stereocenters. The van der Waals surface area contributed by atoms with Gasteiger partial charge in [-0.05, 0) is 13.3 Å². The van der Waals surface area contributed by atoms with Crippen LogP contribution in [0.25, 0.3) is 0 Å². The maximum absolute atomic E-state index is 11.2. The van der Waals surface area contributed by atoms with E-state index < -0.39 is 11.8 Å². The van der Waals surface area contributed by atoms with Gasteiger partial charge >= 0.3 is 0 Å². The standard InChI is InChI=1S/C20H39NO2/c1-3-4-5-6-7-8-9-10-11-12-13-14-15-16-17-19(18(2)22)20(21)23/h19H,3-17H2,1-2H3,(H2,21,23). The summed E-state index contributed by atoms with van der Waals surface area (Å²) in [7, 11) is 0. The molecule has 0 heterocycles. The molecule has 0 spiro atoms. The van der Waals surface area contributed by atoms with Gasteiger partial charge in [-0.3, -0.25) is 9.59 Å². The predicted molar refractivity (Wildman–Crippen MR) is 98.3 cm³/mol. The topological polar surface area (TPSA) is 60.2 Å². The van der Waals surface area contributed by atoms with Gasteiger partial charge in [0.25, 0.3) is 0 Å². The van der Waals surface area contributed by atoms with Crippen LogP contribution in [0.3, 0.4) is 0 Å². The quantitative estimate of drug-likeness (QED) is 0.281. The van der Waals surface area contributed by atoms with E-state index in [9.17, 15) is 9.59 Å². The van der Waals surface area contributed by atoms with Gasteiger partial charge in [-0.25, -0.2) is 0 Å². The fourth-order valence-corrected chi connectivity index (χ4v) is 3.09. The molecule has 0 bridgehead atoms. The third kappa shape index (κ3) is 14.5. The minimum atomic E-state index is -0.563. The molecule has 1 atom stereocenters. The van der Waals surface area contributed by atoms with Crippen LogP contribution < -0.4 is 5.73 Å². The van der Waals surface area contributed by atoms with Gasteiger partial charge in [-0.15, -0.1) is 0 Å². The molecule has 0 aliphatic rings. The van der Waals surface area contributed by atoms with Gasteiger partial charge in [0.2, 0.25) is 5.91 Å². The van der Waals surface area contributed by atoms with Gasteiger partial charge < -0.3 is 5.73 Å². The number of nitrogens with two attached hydrogens (primary N) is 1. The first-order chi connectivity index (χ1) is 11.1. The molecule has 0 aliphatic heterocycles. The molecule has 0 saturated heterocycles. The lowest BCUT2D eigenvalue weighted by Crippen LogP contribution is -2.28. The lowest BCUT2D eigenvalue weighted by molar-refractivity contribution is -0.131. The average molecular weight is 326 g/mol. The zero-order chi connectivity index (χ0) is 17.3. The summed E-state index contributed by atoms with van der Waals surface area (Å²) in [6, 6.07) is 0. The van der Waals surface area contributed by atoms with E-state index in [1.807, 2.05) is 0 Å². The van der Waals surface area contributed by atoms with Gasteiger partial charge in [0, 0.05) is 0 Å². The minimum Gasteiger partial charge on any atom is -0.369 e. The number of ketones is 1. The molecule has 0 rings (SSSR count). The summed E-state index contributed by atoms with van der Waals surface area (Å²) in [4.78, 5) is 22.4. The van der Waals surface area contributed by atoms with Crippen molar-refractivity contribution in [1.82, 2.24) is 0 Å². The Balaban J connectivity index is 3.24. The highest BCUT2D eigenvalue weighted by Crippen LogP contribution is 2.15. The first-order valence-electron chi connectivity index (χ1n) is 9.89. The van der Waals surface area contributed by atoms with Crippen molar-refractivity contribution in [2.75, 3.05) is 0 Å². The summed E-state index contributed by atoms with van der Waals surface area (Å²) in [6.07, 6.45) is 19.0. The molecule has 0 aromatic heterocycles. The van der Waals surface area contributed by atoms with Crippen molar-refractivity contribution in [3.05, 3.63) is 0 Å². The highest BCUT2D eigenvalue weighted by molar-refractivity contribution is 5.99. The highest BCUT2D eigenvalue weighted by Gasteiger charge is 2.19. The molecule has 0 radical (unpaired) electrons. The zero-order valence-electron chi connectivity index (χ0n) is 15.6. The van der Waals surface area contributed by atoms with E-state index in [2.05, 4.69) is 6.92 Å². The zero-order valence-corrected chi connectivity index (χ0v) is 15.6. The number of carbonyl (C=O) groups excluding carboxylic acids is 2. The second kappa shape index (κ2) is 16.0. The van der Waals surface area contributed by atoms with Crippen LogP contribution >= 0.6 is 0 Å². The van der Waals surface area contributed by atoms with Crippen LogP contribution in [-0.2, 0) is 9.59 Å². The Morgan fingerprint density at radius 2 is 1.04 bits per heavy atom. The fraction of sp³-hybridized carbons (Fsp3) is 0.900. The molecular weight excluding hydrogens is 286 g/mol. The summed E-state index contributed by atoms with van der Waals surface area (Å²) in [6.45, 7) is 3.72. The number of primary amides is 1. The van der Waals surface area contributed by atoms with E-state index in [-0.39, 0.29) is 5.78 Å². The molecule has 0 fully saturated rings. The van der Waals surface area contributed by atoms with Gasteiger partial charge in [0.15, 0.2) is 0 Å². The lowest BCUT2D eigenvalue weighted by Gasteiger charge is -2.09. The number of unbranched alkanes of at least 4 members (excludes halogenated alkanes) is 13. The monoisotopic (exact) mass is 325 g/mol. The first-order valence-corrected chi connectivity index (χ1v) is 9.89. The fourth-order valence-electron chi connectivity index (χ4n) is 3.09. The molecule has 0 aromatic carbocycles. The van der Waals surface area contributed by atoms with Crippen molar-refractivity contribution in [1.29, 1.82) is 0 Å². The molecule has 0 saturated carbocycles. The Labute approximate surface area is 143 Å². The maximum Gasteiger partial charge on any atom is 0.227 e. The largest absolute Gasteiger partial charge is 0.369 e. The number of rotatable bonds is 17. The van der Waals surface area contributed by atoms with Crippen LogP contribution in [0.2, 0.25) is 0 Å². The van der Waals surface area contributed by atoms with Crippen LogP contribution in [-0.4, -0.2) is 11.7 Å². The number of Topliss-reactive ketones (excluding diaryl/α,β-unsaturated/α-hetero) is 1. The summed E-state index contributed by atoms with van der Waals surface area (Å²) >= 11 is 0. The van der Waals surface area contributed by atoms with Crippen molar-refractivity contribution in [3.63, 3.8) is 0 Å². The Hall–Kier alpha value is -0.860. The van der Waals surface area contributed by atoms with Crippen LogP contribution in [0, 0.1) is 5.92 Å². The van der Waals surface area contributed by atoms with Crippen molar-refractivity contribution in [2.45, 2.75) is 110 Å². The van der Waals surface area contributed by atoms with Crippen LogP contribution in [0.5, 0.6) is 0 Å². The van der Waals surface area contributed by atoms with Crippen LogP contribution in [0.15, 0.2) is 0 Å². The molecule has 3 heteroatoms. The Morgan fingerprint density at radius 1 is 0.696 bits per heavy atom. The smallest absolute Gasteiger partial charge is 0.227 e. The number of amides is 1. The lowest BCUT2D eigenvalue weighted by atomic mass is 9.96. The van der Waals surface area contributed by atoms with E-state index in [4.69, 9.17) is 5.73 Å². The van der Waals surface area contributed by atoms with E-state index >= 15 is 0 Å². The van der Waals surface area contributed by atoms with Gasteiger partial charge in [-0.1, -0.05) is 96.8 Å². The second-order valence-electron chi connectivity index (χ2n) is 6.95. The Bertz CT molecular complexity index is 288. The summed E-state index contributed by atoms with van der Waals surface area (Å²) in [5.41, 5.74) is 5.23. The number of hydrogen-bond donors (Lipinski definition) is 1. The van der Waals surface area contributed by atoms with E-state index in [1.165, 1.54) is 84.0 Å². The van der Waals surface area contributed by atoms with Crippen molar-refractivity contribution in [3.8, 4) is 0 Å². The highest BCUT2D eigenvalue weighted by atomic mass is 16.2. The normalized spacial score (nSPS) is 12.3. The second-order valence-corrected chi connectivity index (χ2v) is 6.95. The van der Waals surface area contributed by atoms with E-state index in [1.54, 1.807) is 0 Å². The number of carbonyl (C=O) groups is 2. The summed E-state index contributed by atoms with van der Waals surface area (Å²) < 4.78 is 0. The third-order valence-electron chi connectivity index (χ3n) is 4.68. The van der Waals surface area contributed by atoms with Crippen LogP contribution in [0.1, 0.15) is 110 Å². The molecule has 136 valence electrons. The van der Waals surface area contributed by atoms with E-state index in [0.717, 1.165) is 12.8 Å². The predicted octanol–water partition coefficient (Wildman–Crippen LogP) is 5.55. The molecule has 0 aromatic rings. The van der Waals surface area contributed by atoms with Gasteiger partial charge in [-0.2, -0.15) is 0 Å². The SMILES string of the molecule is CCCCCCCCCCCCCCCCC(C(C)=O)C(N)=O. The van der Waals surface area contributed by atoms with Gasteiger partial charge in [0.1, 0.15) is 5.78 Å². The molecule has 2 N–H and O–H groups in total. The van der Waals surface area contributed by atoms with Crippen molar-refractivity contribution in [2.24, 2.45) is 11.7 Å². The first kappa shape index (κ1) is 22.1. The summed E-state index contributed by atoms with van der Waals surface area (Å²) in [5.74, 6) is -1.12. The molecule has 3 nitrogen and oxygen atoms in total. The van der Waals surface area contributed by atoms with Crippen LogP contribution in [0.4, 0.5) is 0 Å².